The minimum atomic E-state index is -0.0422. The van der Waals surface area contributed by atoms with Gasteiger partial charge in [0.25, 0.3) is 0 Å². The summed E-state index contributed by atoms with van der Waals surface area (Å²) in [7, 11) is 1.73. The lowest BCUT2D eigenvalue weighted by atomic mass is 10.0. The predicted octanol–water partition coefficient (Wildman–Crippen LogP) is 1.47. The van der Waals surface area contributed by atoms with Gasteiger partial charge in [-0.1, -0.05) is 18.2 Å². The number of aryl methyl sites for hydroxylation is 1. The molecule has 4 nitrogen and oxygen atoms in total. The second-order valence-corrected chi connectivity index (χ2v) is 5.31. The van der Waals surface area contributed by atoms with Gasteiger partial charge in [-0.3, -0.25) is 4.57 Å². The van der Waals surface area contributed by atoms with Crippen LogP contribution in [0.15, 0.2) is 40.3 Å². The van der Waals surface area contributed by atoms with Crippen molar-refractivity contribution in [3.63, 3.8) is 0 Å². The summed E-state index contributed by atoms with van der Waals surface area (Å²) in [6, 6.07) is 8.40. The van der Waals surface area contributed by atoms with Gasteiger partial charge in [0, 0.05) is 23.6 Å². The molecule has 1 unspecified atom stereocenters. The summed E-state index contributed by atoms with van der Waals surface area (Å²) < 4.78 is 3.06. The summed E-state index contributed by atoms with van der Waals surface area (Å²) in [4.78, 5) is 13.1. The fourth-order valence-electron chi connectivity index (χ4n) is 2.14. The molecule has 0 spiro atoms. The number of fused-ring (bicyclic) bond motifs is 1. The highest BCUT2D eigenvalue weighted by molar-refractivity contribution is 7.99. The lowest BCUT2D eigenvalue weighted by Crippen LogP contribution is -2.25. The van der Waals surface area contributed by atoms with E-state index in [1.54, 1.807) is 18.1 Å². The molecule has 1 aliphatic heterocycles. The van der Waals surface area contributed by atoms with E-state index in [1.165, 1.54) is 15.0 Å². The van der Waals surface area contributed by atoms with E-state index in [2.05, 4.69) is 29.4 Å². The zero-order valence-electron chi connectivity index (χ0n) is 9.54. The maximum Gasteiger partial charge on any atom is 0.345 e. The average molecular weight is 247 g/mol. The van der Waals surface area contributed by atoms with Crippen molar-refractivity contribution in [2.75, 3.05) is 5.75 Å². The monoisotopic (exact) mass is 247 g/mol. The van der Waals surface area contributed by atoms with Gasteiger partial charge in [-0.25, -0.2) is 9.48 Å². The molecular weight excluding hydrogens is 234 g/mol. The van der Waals surface area contributed by atoms with E-state index in [0.717, 1.165) is 5.75 Å². The molecule has 2 heterocycles. The van der Waals surface area contributed by atoms with Gasteiger partial charge in [0.05, 0.1) is 6.54 Å². The smallest absolute Gasteiger partial charge is 0.285 e. The molecule has 0 amide bonds. The van der Waals surface area contributed by atoms with Crippen LogP contribution in [0.3, 0.4) is 0 Å². The van der Waals surface area contributed by atoms with Crippen molar-refractivity contribution >= 4 is 11.8 Å². The molecule has 0 N–H and O–H groups in total. The van der Waals surface area contributed by atoms with Crippen LogP contribution in [0.25, 0.3) is 0 Å². The van der Waals surface area contributed by atoms with E-state index < -0.39 is 0 Å². The summed E-state index contributed by atoms with van der Waals surface area (Å²) in [5, 5.41) is 4.11. The Morgan fingerprint density at radius 1 is 1.47 bits per heavy atom. The first kappa shape index (κ1) is 10.7. The molecule has 0 aliphatic carbocycles. The Balaban J connectivity index is 1.89. The highest BCUT2D eigenvalue weighted by Gasteiger charge is 2.23. The van der Waals surface area contributed by atoms with Crippen LogP contribution >= 0.6 is 11.8 Å². The van der Waals surface area contributed by atoms with Crippen LogP contribution in [-0.4, -0.2) is 20.1 Å². The summed E-state index contributed by atoms with van der Waals surface area (Å²) in [5.41, 5.74) is 1.30. The molecule has 3 rings (SSSR count). The Labute approximate surface area is 103 Å². The number of rotatable bonds is 2. The Hall–Kier alpha value is -1.49. The normalized spacial score (nSPS) is 18.3. The quantitative estimate of drug-likeness (QED) is 0.807. The van der Waals surface area contributed by atoms with Gasteiger partial charge in [0.2, 0.25) is 0 Å². The first-order valence-electron chi connectivity index (χ1n) is 5.56. The van der Waals surface area contributed by atoms with Crippen LogP contribution in [0.1, 0.15) is 11.5 Å². The van der Waals surface area contributed by atoms with Crippen molar-refractivity contribution < 1.29 is 0 Å². The highest BCUT2D eigenvalue weighted by atomic mass is 32.2. The fourth-order valence-corrected chi connectivity index (χ4v) is 3.38. The zero-order valence-corrected chi connectivity index (χ0v) is 10.4. The first-order chi connectivity index (χ1) is 8.25. The third-order valence-electron chi connectivity index (χ3n) is 3.08. The van der Waals surface area contributed by atoms with Crippen LogP contribution in [-0.2, 0) is 13.6 Å². The number of benzene rings is 1. The molecule has 1 atom stereocenters. The Morgan fingerprint density at radius 2 is 2.29 bits per heavy atom. The maximum absolute atomic E-state index is 11.7. The van der Waals surface area contributed by atoms with E-state index in [-0.39, 0.29) is 5.69 Å². The summed E-state index contributed by atoms with van der Waals surface area (Å²) in [5.74, 6) is 1.42. The molecule has 88 valence electrons. The molecule has 0 saturated heterocycles. The van der Waals surface area contributed by atoms with Gasteiger partial charge in [-0.15, -0.1) is 11.8 Å². The van der Waals surface area contributed by atoms with E-state index in [1.807, 2.05) is 11.8 Å². The first-order valence-corrected chi connectivity index (χ1v) is 6.54. The van der Waals surface area contributed by atoms with E-state index in [9.17, 15) is 4.79 Å². The van der Waals surface area contributed by atoms with E-state index in [4.69, 9.17) is 0 Å². The molecule has 0 radical (unpaired) electrons. The van der Waals surface area contributed by atoms with Gasteiger partial charge >= 0.3 is 5.69 Å². The molecule has 0 bridgehead atoms. The SMILES string of the molecule is Cn1cnn(CC2CSc3ccccc32)c1=O. The van der Waals surface area contributed by atoms with Crippen LogP contribution in [0.2, 0.25) is 0 Å². The van der Waals surface area contributed by atoms with Crippen molar-refractivity contribution in [2.45, 2.75) is 17.4 Å². The van der Waals surface area contributed by atoms with Crippen molar-refractivity contribution in [1.82, 2.24) is 14.3 Å². The predicted molar refractivity (Wildman–Crippen MR) is 67.4 cm³/mol. The van der Waals surface area contributed by atoms with Crippen molar-refractivity contribution in [3.8, 4) is 0 Å². The van der Waals surface area contributed by atoms with Crippen LogP contribution in [0.4, 0.5) is 0 Å². The number of hydrogen-bond acceptors (Lipinski definition) is 3. The largest absolute Gasteiger partial charge is 0.345 e. The minimum absolute atomic E-state index is 0.0422. The zero-order chi connectivity index (χ0) is 11.8. The van der Waals surface area contributed by atoms with Crippen molar-refractivity contribution in [3.05, 3.63) is 46.6 Å². The van der Waals surface area contributed by atoms with Gasteiger partial charge in [0.15, 0.2) is 0 Å². The molecular formula is C12H13N3OS. The topological polar surface area (TPSA) is 39.8 Å². The standard InChI is InChI=1S/C12H13N3OS/c1-14-8-13-15(12(14)16)6-9-7-17-11-5-3-2-4-10(9)11/h2-5,8-9H,6-7H2,1H3. The molecule has 5 heteroatoms. The lowest BCUT2D eigenvalue weighted by Gasteiger charge is -2.09. The molecule has 1 aromatic carbocycles. The molecule has 1 aromatic heterocycles. The molecule has 0 fully saturated rings. The number of thioether (sulfide) groups is 1. The van der Waals surface area contributed by atoms with Crippen molar-refractivity contribution in [1.29, 1.82) is 0 Å². The Kier molecular flexibility index (Phi) is 2.55. The van der Waals surface area contributed by atoms with Gasteiger partial charge in [-0.2, -0.15) is 5.10 Å². The molecule has 17 heavy (non-hydrogen) atoms. The minimum Gasteiger partial charge on any atom is -0.285 e. The summed E-state index contributed by atoms with van der Waals surface area (Å²) in [6.45, 7) is 0.670. The second kappa shape index (κ2) is 4.07. The lowest BCUT2D eigenvalue weighted by molar-refractivity contribution is 0.528. The van der Waals surface area contributed by atoms with Gasteiger partial charge in [0.1, 0.15) is 6.33 Å². The third-order valence-corrected chi connectivity index (χ3v) is 4.33. The fraction of sp³-hybridized carbons (Fsp3) is 0.333. The van der Waals surface area contributed by atoms with Gasteiger partial charge in [-0.05, 0) is 11.6 Å². The number of aromatic nitrogens is 3. The van der Waals surface area contributed by atoms with Gasteiger partial charge < -0.3 is 0 Å². The highest BCUT2D eigenvalue weighted by Crippen LogP contribution is 2.39. The van der Waals surface area contributed by atoms with E-state index in [0.29, 0.717) is 12.5 Å². The Bertz CT molecular complexity index is 602. The molecule has 0 saturated carbocycles. The maximum atomic E-state index is 11.7. The second-order valence-electron chi connectivity index (χ2n) is 4.25. The average Bonchev–Trinajstić information content (AvgIpc) is 2.89. The van der Waals surface area contributed by atoms with Crippen LogP contribution < -0.4 is 5.69 Å². The number of nitrogens with zero attached hydrogens (tertiary/aromatic N) is 3. The summed E-state index contributed by atoms with van der Waals surface area (Å²) >= 11 is 1.86. The molecule has 2 aromatic rings. The Morgan fingerprint density at radius 3 is 3.06 bits per heavy atom. The van der Waals surface area contributed by atoms with Crippen molar-refractivity contribution in [2.24, 2.45) is 7.05 Å². The molecule has 1 aliphatic rings. The number of hydrogen-bond donors (Lipinski definition) is 0. The summed E-state index contributed by atoms with van der Waals surface area (Å²) in [6.07, 6.45) is 1.57. The van der Waals surface area contributed by atoms with Crippen LogP contribution in [0.5, 0.6) is 0 Å². The third kappa shape index (κ3) is 1.80. The van der Waals surface area contributed by atoms with E-state index >= 15 is 0 Å². The van der Waals surface area contributed by atoms with Crippen LogP contribution in [0, 0.1) is 0 Å².